The summed E-state index contributed by atoms with van der Waals surface area (Å²) in [6.07, 6.45) is -3.75. The van der Waals surface area contributed by atoms with Crippen LogP contribution in [0, 0.1) is 5.82 Å². The minimum atomic E-state index is -4.95. The molecule has 0 bridgehead atoms. The lowest BCUT2D eigenvalue weighted by molar-refractivity contribution is -0.137. The molecule has 242 valence electrons. The molecule has 1 aromatic heterocycles. The minimum Gasteiger partial charge on any atom is -0.383 e. The van der Waals surface area contributed by atoms with Gasteiger partial charge in [0, 0.05) is 73.0 Å². The Morgan fingerprint density at radius 2 is 1.91 bits per heavy atom. The minimum absolute atomic E-state index is 0.000763. The molecule has 8 nitrogen and oxygen atoms in total. The van der Waals surface area contributed by atoms with Gasteiger partial charge in [0.1, 0.15) is 11.6 Å². The van der Waals surface area contributed by atoms with Crippen LogP contribution in [0.2, 0.25) is 5.02 Å². The number of benzene rings is 2. The smallest absolute Gasteiger partial charge is 0.383 e. The lowest BCUT2D eigenvalue weighted by Gasteiger charge is -2.44. The zero-order chi connectivity index (χ0) is 32.6. The zero-order valence-electron chi connectivity index (χ0n) is 24.7. The Labute approximate surface area is 262 Å². The Hall–Kier alpha value is -3.20. The first-order valence-electron chi connectivity index (χ1n) is 14.3. The molecule has 2 aromatic carbocycles. The highest BCUT2D eigenvalue weighted by Crippen LogP contribution is 2.76. The summed E-state index contributed by atoms with van der Waals surface area (Å²) in [6.45, 7) is 7.89. The molecule has 3 aliphatic heterocycles. The second kappa shape index (κ2) is 11.2. The van der Waals surface area contributed by atoms with Gasteiger partial charge in [-0.3, -0.25) is 9.36 Å². The van der Waals surface area contributed by atoms with E-state index < -0.39 is 62.4 Å². The van der Waals surface area contributed by atoms with Crippen molar-refractivity contribution in [2.75, 3.05) is 44.0 Å². The highest BCUT2D eigenvalue weighted by atomic mass is 35.5. The van der Waals surface area contributed by atoms with Gasteiger partial charge in [0.05, 0.1) is 27.6 Å². The maximum absolute atomic E-state index is 17.9. The lowest BCUT2D eigenvalue weighted by Crippen LogP contribution is -2.58. The number of methoxy groups -OCH3 is 1. The summed E-state index contributed by atoms with van der Waals surface area (Å²) in [4.78, 5) is 33.4. The number of anilines is 1. The Kier molecular flexibility index (Phi) is 7.94. The molecule has 45 heavy (non-hydrogen) atoms. The molecule has 6 rings (SSSR count). The number of halogens is 6. The number of piperazine rings is 1. The zero-order valence-corrected chi connectivity index (χ0v) is 26.3. The molecule has 1 fully saturated rings. The topological polar surface area (TPSA) is 79.7 Å². The normalized spacial score (nSPS) is 25.6. The predicted molar refractivity (Wildman–Crippen MR) is 163 cm³/mol. The van der Waals surface area contributed by atoms with E-state index >= 15 is 3.89 Å². The maximum Gasteiger partial charge on any atom is 0.417 e. The van der Waals surface area contributed by atoms with Crippen molar-refractivity contribution in [3.63, 3.8) is 0 Å². The number of aromatic nitrogens is 2. The summed E-state index contributed by atoms with van der Waals surface area (Å²) in [5.41, 5.74) is -2.46. The maximum atomic E-state index is 17.9. The fourth-order valence-electron chi connectivity index (χ4n) is 6.96. The number of hydrogen-bond donors (Lipinski definition) is 1. The van der Waals surface area contributed by atoms with Crippen molar-refractivity contribution in [2.45, 2.75) is 54.5 Å². The largest absolute Gasteiger partial charge is 0.417 e. The first kappa shape index (κ1) is 31.8. The van der Waals surface area contributed by atoms with E-state index in [-0.39, 0.29) is 76.5 Å². The van der Waals surface area contributed by atoms with Gasteiger partial charge in [0.25, 0.3) is 0 Å². The monoisotopic (exact) mass is 671 g/mol. The summed E-state index contributed by atoms with van der Waals surface area (Å²) >= 11 is 6.06. The van der Waals surface area contributed by atoms with E-state index in [2.05, 4.69) is 16.9 Å². The summed E-state index contributed by atoms with van der Waals surface area (Å²) in [6, 6.07) is 1.31. The molecular weight excluding hydrogens is 641 g/mol. The average molecular weight is 672 g/mol. The van der Waals surface area contributed by atoms with Crippen LogP contribution in [0.15, 0.2) is 45.4 Å². The van der Waals surface area contributed by atoms with Gasteiger partial charge in [-0.15, -0.1) is 0 Å². The molecule has 0 aliphatic carbocycles. The second-order valence-electron chi connectivity index (χ2n) is 11.6. The summed E-state index contributed by atoms with van der Waals surface area (Å²) in [5.74, 6) is -1.58. The van der Waals surface area contributed by atoms with Crippen molar-refractivity contribution >= 4 is 44.6 Å². The van der Waals surface area contributed by atoms with E-state index in [1.807, 2.05) is 0 Å². The summed E-state index contributed by atoms with van der Waals surface area (Å²) in [7, 11) is -2.35. The highest BCUT2D eigenvalue weighted by Gasteiger charge is 2.50. The number of rotatable bonds is 6. The summed E-state index contributed by atoms with van der Waals surface area (Å²) in [5, 5.41) is 2.68. The fraction of sp³-hybridized carbons (Fsp3) is 0.433. The molecule has 0 spiro atoms. The van der Waals surface area contributed by atoms with Crippen LogP contribution in [0.3, 0.4) is 0 Å². The molecule has 1 N–H and O–H groups in total. The van der Waals surface area contributed by atoms with Crippen molar-refractivity contribution < 1.29 is 31.0 Å². The lowest BCUT2D eigenvalue weighted by atomic mass is 9.96. The van der Waals surface area contributed by atoms with Crippen molar-refractivity contribution in [3.8, 4) is 11.1 Å². The van der Waals surface area contributed by atoms with Gasteiger partial charge in [-0.05, 0) is 54.1 Å². The van der Waals surface area contributed by atoms with E-state index in [0.29, 0.717) is 0 Å². The Morgan fingerprint density at radius 1 is 1.22 bits per heavy atom. The van der Waals surface area contributed by atoms with Gasteiger partial charge >= 0.3 is 11.9 Å². The number of fused-ring (bicyclic) bond motifs is 3. The van der Waals surface area contributed by atoms with Crippen molar-refractivity contribution in [1.82, 2.24) is 19.8 Å². The molecule has 1 saturated heterocycles. The molecule has 4 atom stereocenters. The highest BCUT2D eigenvalue weighted by molar-refractivity contribution is 8.30. The van der Waals surface area contributed by atoms with E-state index in [1.165, 1.54) is 17.8 Å². The third kappa shape index (κ3) is 5.00. The first-order valence-corrected chi connectivity index (χ1v) is 16.4. The van der Waals surface area contributed by atoms with Crippen LogP contribution < -0.4 is 15.9 Å². The van der Waals surface area contributed by atoms with Crippen molar-refractivity contribution in [2.24, 2.45) is 0 Å². The average Bonchev–Trinajstić information content (AvgIpc) is 3.10. The van der Waals surface area contributed by atoms with Crippen LogP contribution >= 0.6 is 22.0 Å². The van der Waals surface area contributed by atoms with Gasteiger partial charge in [-0.2, -0.15) is 22.0 Å². The van der Waals surface area contributed by atoms with Gasteiger partial charge in [0.2, 0.25) is 5.91 Å². The molecule has 15 heteroatoms. The van der Waals surface area contributed by atoms with Crippen LogP contribution in [0.25, 0.3) is 22.0 Å². The van der Waals surface area contributed by atoms with Gasteiger partial charge < -0.3 is 19.9 Å². The van der Waals surface area contributed by atoms with Gasteiger partial charge in [0.15, 0.2) is 0 Å². The van der Waals surface area contributed by atoms with Crippen LogP contribution in [0.4, 0.5) is 27.3 Å². The predicted octanol–water partition coefficient (Wildman–Crippen LogP) is 5.53. The molecule has 0 saturated carbocycles. The molecule has 4 heterocycles. The Morgan fingerprint density at radius 3 is 2.53 bits per heavy atom. The van der Waals surface area contributed by atoms with Crippen LogP contribution in [-0.4, -0.2) is 77.6 Å². The summed E-state index contributed by atoms with van der Waals surface area (Å²) < 4.78 is 84.0. The van der Waals surface area contributed by atoms with Crippen LogP contribution in [0.5, 0.6) is 0 Å². The van der Waals surface area contributed by atoms with E-state index in [1.54, 1.807) is 23.6 Å². The number of hydrogen-bond acceptors (Lipinski definition) is 6. The number of carbonyl (C=O) groups excluding carboxylic acids is 1. The van der Waals surface area contributed by atoms with Gasteiger partial charge in [-0.1, -0.05) is 18.2 Å². The molecule has 1 amide bonds. The quantitative estimate of drug-likeness (QED) is 0.211. The second-order valence-corrected chi connectivity index (χ2v) is 14.5. The van der Waals surface area contributed by atoms with E-state index in [9.17, 15) is 27.2 Å². The number of carbonyl (C=O) groups is 1. The van der Waals surface area contributed by atoms with Crippen LogP contribution in [-0.2, 0) is 22.3 Å². The Balaban J connectivity index is 1.67. The van der Waals surface area contributed by atoms with E-state index in [4.69, 9.17) is 16.3 Å². The standard InChI is InChI=1S/C30H31ClF5N5O3S/c1-5-24(42)41-15(2)11-39(12-16(41)3)28-19-8-20(30(33,34)35)25-18-9-21(31)22(32)10-23(18)45(36)14-17(37-6-7-44-4)13-40(29(43)38-28)26(19)27(25)45/h5,8-10,15-17,37H,1,6-7,11-14H2,2-4H3. The third-order valence-electron chi connectivity index (χ3n) is 8.69. The SMILES string of the molecule is C=CC(=O)N1C(C)CN(c2nc(=O)n3c4c5c(c(C(F)(F)F)cc24)-c2cc(Cl)c(F)cc2S5(F)CC(NCCOC)C3)CC1C. The third-order valence-corrected chi connectivity index (χ3v) is 11.9. The van der Waals surface area contributed by atoms with Crippen molar-refractivity contribution in [1.29, 1.82) is 0 Å². The molecule has 4 unspecified atom stereocenters. The number of nitrogens with zero attached hydrogens (tertiary/aromatic N) is 4. The fourth-order valence-corrected chi connectivity index (χ4v) is 10.3. The molecular formula is C30H31ClF5N5O3S. The van der Waals surface area contributed by atoms with Gasteiger partial charge in [-0.25, -0.2) is 9.18 Å². The molecule has 3 aliphatic rings. The number of alkyl halides is 3. The molecule has 3 aromatic rings. The molecule has 0 radical (unpaired) electrons. The van der Waals surface area contributed by atoms with Crippen LogP contribution in [0.1, 0.15) is 19.4 Å². The Bertz CT molecular complexity index is 1790. The van der Waals surface area contributed by atoms with E-state index in [0.717, 1.165) is 18.2 Å². The number of ether oxygens (including phenoxy) is 1. The number of amides is 1. The first-order chi connectivity index (χ1) is 21.2. The van der Waals surface area contributed by atoms with Crippen molar-refractivity contribution in [3.05, 3.63) is 57.7 Å². The number of nitrogens with one attached hydrogen (secondary N) is 1.